The topological polar surface area (TPSA) is 153 Å². The first-order valence-electron chi connectivity index (χ1n) is 10.3. The number of non-ortho nitro benzene ring substituents is 1. The van der Waals surface area contributed by atoms with Crippen molar-refractivity contribution in [2.75, 3.05) is 0 Å². The Balaban J connectivity index is 1.38. The van der Waals surface area contributed by atoms with Crippen molar-refractivity contribution < 1.29 is 9.34 Å². The number of para-hydroxylation sites is 1. The van der Waals surface area contributed by atoms with E-state index < -0.39 is 4.92 Å². The van der Waals surface area contributed by atoms with Crippen LogP contribution >= 0.6 is 11.8 Å². The van der Waals surface area contributed by atoms with Crippen LogP contribution in [0.1, 0.15) is 11.6 Å². The molecule has 0 atom stereocenters. The molecule has 0 amide bonds. The molecule has 0 saturated carbocycles. The number of nitro benzene ring substituents is 1. The van der Waals surface area contributed by atoms with Crippen LogP contribution in [0.25, 0.3) is 22.8 Å². The van der Waals surface area contributed by atoms with Gasteiger partial charge in [0, 0.05) is 24.7 Å². The van der Waals surface area contributed by atoms with Crippen LogP contribution in [0.3, 0.4) is 0 Å². The standard InChI is InChI=1S/C21H17N9O4S/c1-13-18(20(31)29(27(13)2)15-6-4-3-5-7-15)28-21(24-25-26-28)35-12-17-22-23-19(34-17)14-8-10-16(11-9-14)30(32)33/h3-11H,12H2,1-2H3. The van der Waals surface area contributed by atoms with Crippen molar-refractivity contribution in [2.24, 2.45) is 7.05 Å². The summed E-state index contributed by atoms with van der Waals surface area (Å²) >= 11 is 1.23. The summed E-state index contributed by atoms with van der Waals surface area (Å²) in [6, 6.07) is 15.1. The van der Waals surface area contributed by atoms with E-state index in [0.717, 1.165) is 5.69 Å². The summed E-state index contributed by atoms with van der Waals surface area (Å²) in [6.07, 6.45) is 0. The molecule has 0 bridgehead atoms. The number of benzene rings is 2. The maximum absolute atomic E-state index is 13.3. The van der Waals surface area contributed by atoms with E-state index in [9.17, 15) is 14.9 Å². The fourth-order valence-corrected chi connectivity index (χ4v) is 4.20. The third-order valence-electron chi connectivity index (χ3n) is 5.29. The Labute approximate surface area is 201 Å². The molecule has 3 heterocycles. The van der Waals surface area contributed by atoms with E-state index in [1.807, 2.05) is 37.3 Å². The van der Waals surface area contributed by atoms with Crippen LogP contribution in [0, 0.1) is 17.0 Å². The van der Waals surface area contributed by atoms with Gasteiger partial charge in [-0.15, -0.1) is 15.3 Å². The fourth-order valence-electron chi connectivity index (χ4n) is 3.49. The van der Waals surface area contributed by atoms with Gasteiger partial charge >= 0.3 is 0 Å². The largest absolute Gasteiger partial charge is 0.420 e. The second-order valence-corrected chi connectivity index (χ2v) is 8.32. The predicted molar refractivity (Wildman–Crippen MR) is 124 cm³/mol. The SMILES string of the molecule is Cc1c(-n2nnnc2SCc2nnc(-c3ccc([N+](=O)[O-])cc3)o2)c(=O)n(-c2ccccc2)n1C. The third kappa shape index (κ3) is 4.10. The summed E-state index contributed by atoms with van der Waals surface area (Å²) in [4.78, 5) is 23.6. The molecule has 0 fully saturated rings. The van der Waals surface area contributed by atoms with E-state index in [-0.39, 0.29) is 22.9 Å². The smallest absolute Gasteiger partial charge is 0.297 e. The fraction of sp³-hybridized carbons (Fsp3) is 0.143. The quantitative estimate of drug-likeness (QED) is 0.189. The van der Waals surface area contributed by atoms with Gasteiger partial charge in [-0.2, -0.15) is 4.68 Å². The second-order valence-electron chi connectivity index (χ2n) is 7.38. The third-order valence-corrected chi connectivity index (χ3v) is 6.20. The maximum atomic E-state index is 13.3. The van der Waals surface area contributed by atoms with E-state index >= 15 is 0 Å². The highest BCUT2D eigenvalue weighted by atomic mass is 32.2. The first kappa shape index (κ1) is 22.2. The first-order chi connectivity index (χ1) is 16.9. The molecule has 0 aliphatic rings. The summed E-state index contributed by atoms with van der Waals surface area (Å²) in [5.74, 6) is 0.795. The van der Waals surface area contributed by atoms with Gasteiger partial charge in [0.2, 0.25) is 16.9 Å². The molecule has 176 valence electrons. The zero-order valence-corrected chi connectivity index (χ0v) is 19.3. The normalized spacial score (nSPS) is 11.1. The van der Waals surface area contributed by atoms with E-state index in [1.165, 1.54) is 28.6 Å². The van der Waals surface area contributed by atoms with Crippen molar-refractivity contribution in [1.82, 2.24) is 39.8 Å². The van der Waals surface area contributed by atoms with Gasteiger partial charge in [-0.3, -0.25) is 19.6 Å². The van der Waals surface area contributed by atoms with E-state index in [2.05, 4.69) is 25.7 Å². The first-order valence-corrected chi connectivity index (χ1v) is 11.3. The Morgan fingerprint density at radius 2 is 1.80 bits per heavy atom. The molecule has 0 radical (unpaired) electrons. The second kappa shape index (κ2) is 8.98. The summed E-state index contributed by atoms with van der Waals surface area (Å²) in [7, 11) is 1.79. The lowest BCUT2D eigenvalue weighted by atomic mass is 10.2. The number of thioether (sulfide) groups is 1. The molecule has 14 heteroatoms. The van der Waals surface area contributed by atoms with Gasteiger partial charge in [0.15, 0.2) is 5.69 Å². The number of nitro groups is 1. The van der Waals surface area contributed by atoms with Crippen LogP contribution in [0.2, 0.25) is 0 Å². The number of aromatic nitrogens is 8. The summed E-state index contributed by atoms with van der Waals surface area (Å²) in [5.41, 5.74) is 2.01. The number of hydrogen-bond donors (Lipinski definition) is 0. The lowest BCUT2D eigenvalue weighted by Crippen LogP contribution is -2.22. The molecular formula is C21H17N9O4S. The molecule has 0 unspecified atom stereocenters. The molecule has 0 saturated heterocycles. The van der Waals surface area contributed by atoms with Crippen LogP contribution in [-0.2, 0) is 12.8 Å². The highest BCUT2D eigenvalue weighted by molar-refractivity contribution is 7.98. The minimum Gasteiger partial charge on any atom is -0.420 e. The molecule has 2 aromatic carbocycles. The average Bonchev–Trinajstić information content (AvgIpc) is 3.57. The Morgan fingerprint density at radius 3 is 2.51 bits per heavy atom. The van der Waals surface area contributed by atoms with Crippen molar-refractivity contribution in [1.29, 1.82) is 0 Å². The van der Waals surface area contributed by atoms with Crippen molar-refractivity contribution in [2.45, 2.75) is 17.8 Å². The van der Waals surface area contributed by atoms with Crippen molar-refractivity contribution in [3.05, 3.63) is 86.7 Å². The zero-order valence-electron chi connectivity index (χ0n) is 18.5. The molecule has 0 aliphatic heterocycles. The van der Waals surface area contributed by atoms with Crippen LogP contribution in [0.5, 0.6) is 0 Å². The molecule has 3 aromatic heterocycles. The number of tetrazole rings is 1. The number of rotatable bonds is 7. The minimum absolute atomic E-state index is 0.0292. The van der Waals surface area contributed by atoms with Crippen LogP contribution in [0.15, 0.2) is 69.0 Å². The zero-order chi connectivity index (χ0) is 24.5. The minimum atomic E-state index is -0.479. The lowest BCUT2D eigenvalue weighted by molar-refractivity contribution is -0.384. The van der Waals surface area contributed by atoms with Gasteiger partial charge in [0.05, 0.1) is 22.1 Å². The molecule has 0 N–H and O–H groups in total. The Hall–Kier alpha value is -4.59. The van der Waals surface area contributed by atoms with Gasteiger partial charge in [0.1, 0.15) is 0 Å². The monoisotopic (exact) mass is 491 g/mol. The van der Waals surface area contributed by atoms with Gasteiger partial charge in [0.25, 0.3) is 11.2 Å². The van der Waals surface area contributed by atoms with E-state index in [1.54, 1.807) is 28.5 Å². The molecule has 0 aliphatic carbocycles. The van der Waals surface area contributed by atoms with Crippen LogP contribution in [0.4, 0.5) is 5.69 Å². The number of hydrogen-bond acceptors (Lipinski definition) is 10. The van der Waals surface area contributed by atoms with Gasteiger partial charge < -0.3 is 4.42 Å². The van der Waals surface area contributed by atoms with Crippen molar-refractivity contribution in [3.8, 4) is 22.8 Å². The molecule has 5 rings (SSSR count). The average molecular weight is 491 g/mol. The van der Waals surface area contributed by atoms with Crippen LogP contribution < -0.4 is 5.56 Å². The van der Waals surface area contributed by atoms with Gasteiger partial charge in [-0.1, -0.05) is 30.0 Å². The highest BCUT2D eigenvalue weighted by Gasteiger charge is 2.22. The Morgan fingerprint density at radius 1 is 1.06 bits per heavy atom. The lowest BCUT2D eigenvalue weighted by Gasteiger charge is -2.07. The molecular weight excluding hydrogens is 474 g/mol. The highest BCUT2D eigenvalue weighted by Crippen LogP contribution is 2.26. The van der Waals surface area contributed by atoms with Gasteiger partial charge in [-0.25, -0.2) is 4.68 Å². The van der Waals surface area contributed by atoms with Crippen LogP contribution in [-0.4, -0.2) is 44.7 Å². The van der Waals surface area contributed by atoms with E-state index in [0.29, 0.717) is 28.0 Å². The van der Waals surface area contributed by atoms with Gasteiger partial charge in [-0.05, 0) is 41.6 Å². The maximum Gasteiger partial charge on any atom is 0.297 e. The Kier molecular flexibility index (Phi) is 5.70. The Bertz CT molecular complexity index is 1570. The predicted octanol–water partition coefficient (Wildman–Crippen LogP) is 2.71. The molecule has 13 nitrogen and oxygen atoms in total. The molecule has 35 heavy (non-hydrogen) atoms. The summed E-state index contributed by atoms with van der Waals surface area (Å²) in [5, 5.41) is 31.1. The van der Waals surface area contributed by atoms with E-state index in [4.69, 9.17) is 4.42 Å². The summed E-state index contributed by atoms with van der Waals surface area (Å²) in [6.45, 7) is 1.82. The van der Waals surface area contributed by atoms with Crippen molar-refractivity contribution in [3.63, 3.8) is 0 Å². The molecule has 5 aromatic rings. The van der Waals surface area contributed by atoms with Crippen molar-refractivity contribution >= 4 is 17.4 Å². The number of nitrogens with zero attached hydrogens (tertiary/aromatic N) is 9. The molecule has 0 spiro atoms. The summed E-state index contributed by atoms with van der Waals surface area (Å²) < 4.78 is 10.4.